The van der Waals surface area contributed by atoms with Crippen molar-refractivity contribution in [3.63, 3.8) is 0 Å². The van der Waals surface area contributed by atoms with Gasteiger partial charge < -0.3 is 4.90 Å². The van der Waals surface area contributed by atoms with Gasteiger partial charge in [0.2, 0.25) is 0 Å². The summed E-state index contributed by atoms with van der Waals surface area (Å²) in [7, 11) is 0. The number of carbonyl (C=O) groups excluding carboxylic acids is 2. The molecule has 4 rings (SSSR count). The normalized spacial score (nSPS) is 30.2. The molecule has 1 aliphatic heterocycles. The molecular formula is C22H31NO2S. The van der Waals surface area contributed by atoms with E-state index < -0.39 is 0 Å². The van der Waals surface area contributed by atoms with Gasteiger partial charge in [-0.2, -0.15) is 0 Å². The molecule has 26 heavy (non-hydrogen) atoms. The number of allylic oxidation sites excluding steroid dienone is 3. The highest BCUT2D eigenvalue weighted by atomic mass is 32.2. The van der Waals surface area contributed by atoms with E-state index in [2.05, 4.69) is 16.7 Å². The average molecular weight is 374 g/mol. The lowest BCUT2D eigenvalue weighted by atomic mass is 9.86. The number of hydrogen-bond acceptors (Lipinski definition) is 3. The van der Waals surface area contributed by atoms with Crippen molar-refractivity contribution in [2.24, 2.45) is 5.92 Å². The highest BCUT2D eigenvalue weighted by molar-refractivity contribution is 8.03. The Balaban J connectivity index is 1.51. The average Bonchev–Trinajstić information content (AvgIpc) is 2.70. The maximum Gasteiger partial charge on any atom is 0.251 e. The van der Waals surface area contributed by atoms with Crippen LogP contribution in [0.3, 0.4) is 0 Å². The number of carbonyl (C=O) groups is 2. The lowest BCUT2D eigenvalue weighted by Gasteiger charge is -2.46. The second-order valence-electron chi connectivity index (χ2n) is 8.36. The van der Waals surface area contributed by atoms with Crippen molar-refractivity contribution in [1.29, 1.82) is 0 Å². The van der Waals surface area contributed by atoms with Gasteiger partial charge in [-0.15, -0.1) is 11.8 Å². The Kier molecular flexibility index (Phi) is 5.87. The van der Waals surface area contributed by atoms with E-state index in [0.717, 1.165) is 44.9 Å². The lowest BCUT2D eigenvalue weighted by Crippen LogP contribution is -2.49. The van der Waals surface area contributed by atoms with Crippen LogP contribution in [0, 0.1) is 5.92 Å². The van der Waals surface area contributed by atoms with Crippen molar-refractivity contribution in [3.05, 3.63) is 22.8 Å². The number of rotatable bonds is 3. The minimum Gasteiger partial charge on any atom is -0.308 e. The van der Waals surface area contributed by atoms with Crippen LogP contribution in [-0.4, -0.2) is 27.9 Å². The summed E-state index contributed by atoms with van der Waals surface area (Å²) in [6, 6.07) is 0.340. The molecule has 3 nitrogen and oxygen atoms in total. The molecule has 3 aliphatic carbocycles. The van der Waals surface area contributed by atoms with E-state index in [0.29, 0.717) is 11.3 Å². The van der Waals surface area contributed by atoms with Crippen LogP contribution in [0.1, 0.15) is 83.5 Å². The molecule has 2 unspecified atom stereocenters. The largest absolute Gasteiger partial charge is 0.308 e. The van der Waals surface area contributed by atoms with Crippen LogP contribution in [0.5, 0.6) is 0 Å². The molecule has 0 radical (unpaired) electrons. The Morgan fingerprint density at radius 1 is 0.846 bits per heavy atom. The molecule has 0 N–H and O–H groups in total. The second kappa shape index (κ2) is 8.33. The van der Waals surface area contributed by atoms with E-state index in [9.17, 15) is 9.59 Å². The fourth-order valence-corrected chi connectivity index (χ4v) is 6.85. The van der Waals surface area contributed by atoms with Crippen LogP contribution in [-0.2, 0) is 9.59 Å². The van der Waals surface area contributed by atoms with E-state index in [-0.39, 0.29) is 17.6 Å². The van der Waals surface area contributed by atoms with Gasteiger partial charge in [0.05, 0.1) is 0 Å². The minimum atomic E-state index is 0.0563. The van der Waals surface area contributed by atoms with Crippen LogP contribution in [0.2, 0.25) is 0 Å². The zero-order chi connectivity index (χ0) is 17.9. The quantitative estimate of drug-likeness (QED) is 0.625. The molecule has 0 aromatic rings. The first-order valence-corrected chi connectivity index (χ1v) is 11.6. The number of hydrogen-bond donors (Lipinski definition) is 0. The fourth-order valence-electron chi connectivity index (χ4n) is 5.19. The van der Waals surface area contributed by atoms with E-state index in [1.165, 1.54) is 49.1 Å². The number of fused-ring (bicyclic) bond motifs is 1. The van der Waals surface area contributed by atoms with Crippen molar-refractivity contribution in [2.45, 2.75) is 94.8 Å². The summed E-state index contributed by atoms with van der Waals surface area (Å²) < 4.78 is 0. The zero-order valence-corrected chi connectivity index (χ0v) is 16.6. The number of thioether (sulfide) groups is 1. The van der Waals surface area contributed by atoms with Gasteiger partial charge in [0, 0.05) is 33.9 Å². The second-order valence-corrected chi connectivity index (χ2v) is 9.70. The molecule has 0 saturated heterocycles. The zero-order valence-electron chi connectivity index (χ0n) is 15.8. The first kappa shape index (κ1) is 18.3. The monoisotopic (exact) mass is 373 g/mol. The highest BCUT2D eigenvalue weighted by Crippen LogP contribution is 2.48. The standard InChI is InChI=1S/C22H31NO2S/c24-19(16-8-2-1-3-9-16)14-15-22(25)23-17-10-4-6-12-20(17)26-21-13-7-5-11-18(21)23/h14-17,20H,1-13H2/b15-14+. The SMILES string of the molecule is O=C(/C=C/C(=O)N1C2=C(CCCC2)SC2CCCCC21)C1CCCCC1. The summed E-state index contributed by atoms with van der Waals surface area (Å²) in [4.78, 5) is 29.2. The number of ketones is 1. The van der Waals surface area contributed by atoms with E-state index >= 15 is 0 Å². The first-order chi connectivity index (χ1) is 12.7. The molecule has 2 atom stereocenters. The molecule has 142 valence electrons. The maximum atomic E-state index is 13.1. The molecule has 4 aliphatic rings. The molecule has 0 aromatic heterocycles. The molecule has 0 aromatic carbocycles. The summed E-state index contributed by atoms with van der Waals surface area (Å²) in [5.41, 5.74) is 1.28. The van der Waals surface area contributed by atoms with Crippen molar-refractivity contribution < 1.29 is 9.59 Å². The first-order valence-electron chi connectivity index (χ1n) is 10.7. The van der Waals surface area contributed by atoms with E-state index in [4.69, 9.17) is 0 Å². The van der Waals surface area contributed by atoms with Gasteiger partial charge in [-0.25, -0.2) is 0 Å². The molecule has 0 spiro atoms. The summed E-state index contributed by atoms with van der Waals surface area (Å²) >= 11 is 2.06. The maximum absolute atomic E-state index is 13.1. The summed E-state index contributed by atoms with van der Waals surface area (Å²) in [6.07, 6.45) is 18.2. The van der Waals surface area contributed by atoms with Gasteiger partial charge in [0.25, 0.3) is 5.91 Å². The van der Waals surface area contributed by atoms with Crippen LogP contribution >= 0.6 is 11.8 Å². The number of nitrogens with zero attached hydrogens (tertiary/aromatic N) is 1. The third-order valence-electron chi connectivity index (χ3n) is 6.61. The Hall–Kier alpha value is -1.03. The number of amides is 1. The van der Waals surface area contributed by atoms with Gasteiger partial charge in [0.15, 0.2) is 5.78 Å². The molecule has 4 heteroatoms. The molecule has 2 saturated carbocycles. The van der Waals surface area contributed by atoms with Gasteiger partial charge in [-0.3, -0.25) is 9.59 Å². The highest BCUT2D eigenvalue weighted by Gasteiger charge is 2.40. The Morgan fingerprint density at radius 3 is 2.42 bits per heavy atom. The predicted molar refractivity (Wildman–Crippen MR) is 107 cm³/mol. The van der Waals surface area contributed by atoms with Crippen molar-refractivity contribution in [1.82, 2.24) is 4.90 Å². The topological polar surface area (TPSA) is 37.4 Å². The van der Waals surface area contributed by atoms with Crippen LogP contribution < -0.4 is 0 Å². The Labute approximate surface area is 161 Å². The van der Waals surface area contributed by atoms with Crippen molar-refractivity contribution in [3.8, 4) is 0 Å². The van der Waals surface area contributed by atoms with E-state index in [1.54, 1.807) is 12.2 Å². The summed E-state index contributed by atoms with van der Waals surface area (Å²) in [5, 5.41) is 0.562. The summed E-state index contributed by atoms with van der Waals surface area (Å²) in [6.45, 7) is 0. The smallest absolute Gasteiger partial charge is 0.251 e. The third kappa shape index (κ3) is 3.81. The summed E-state index contributed by atoms with van der Waals surface area (Å²) in [5.74, 6) is 0.375. The minimum absolute atomic E-state index is 0.0563. The molecule has 1 heterocycles. The van der Waals surface area contributed by atoms with Crippen LogP contribution in [0.4, 0.5) is 0 Å². The fraction of sp³-hybridized carbons (Fsp3) is 0.727. The van der Waals surface area contributed by atoms with Gasteiger partial charge >= 0.3 is 0 Å². The van der Waals surface area contributed by atoms with Gasteiger partial charge in [0.1, 0.15) is 0 Å². The molecule has 0 bridgehead atoms. The molecular weight excluding hydrogens is 342 g/mol. The predicted octanol–water partition coefficient (Wildman–Crippen LogP) is 5.36. The lowest BCUT2D eigenvalue weighted by molar-refractivity contribution is -0.127. The molecule has 2 fully saturated rings. The Morgan fingerprint density at radius 2 is 1.58 bits per heavy atom. The van der Waals surface area contributed by atoms with E-state index in [1.807, 2.05) is 0 Å². The Bertz CT molecular complexity index is 618. The van der Waals surface area contributed by atoms with Crippen molar-refractivity contribution >= 4 is 23.5 Å². The van der Waals surface area contributed by atoms with Gasteiger partial charge in [-0.1, -0.05) is 32.1 Å². The van der Waals surface area contributed by atoms with Crippen LogP contribution in [0.25, 0.3) is 0 Å². The molecule has 1 amide bonds. The van der Waals surface area contributed by atoms with Crippen LogP contribution in [0.15, 0.2) is 22.8 Å². The third-order valence-corrected chi connectivity index (χ3v) is 8.19. The van der Waals surface area contributed by atoms with Crippen molar-refractivity contribution in [2.75, 3.05) is 0 Å². The van der Waals surface area contributed by atoms with Gasteiger partial charge in [-0.05, 0) is 57.4 Å².